The van der Waals surface area contributed by atoms with Crippen LogP contribution in [0.5, 0.6) is 0 Å². The van der Waals surface area contributed by atoms with Crippen LogP contribution in [0.2, 0.25) is 0 Å². The Morgan fingerprint density at radius 1 is 1.29 bits per heavy atom. The Bertz CT molecular complexity index is 459. The Kier molecular flexibility index (Phi) is 7.25. The molecule has 0 saturated heterocycles. The van der Waals surface area contributed by atoms with E-state index < -0.39 is 5.97 Å². The van der Waals surface area contributed by atoms with Crippen molar-refractivity contribution in [3.05, 3.63) is 29.8 Å². The Labute approximate surface area is 124 Å². The predicted octanol–water partition coefficient (Wildman–Crippen LogP) is 2.02. The van der Waals surface area contributed by atoms with Crippen molar-refractivity contribution in [2.75, 3.05) is 31.2 Å². The molecule has 0 radical (unpaired) electrons. The van der Waals surface area contributed by atoms with E-state index in [0.29, 0.717) is 25.4 Å². The van der Waals surface area contributed by atoms with Crippen molar-refractivity contribution < 1.29 is 19.4 Å². The van der Waals surface area contributed by atoms with Crippen LogP contribution >= 0.6 is 0 Å². The van der Waals surface area contributed by atoms with Crippen LogP contribution in [-0.4, -0.2) is 43.4 Å². The van der Waals surface area contributed by atoms with Gasteiger partial charge < -0.3 is 15.2 Å². The number of hydrogen-bond acceptors (Lipinski definition) is 3. The highest BCUT2D eigenvalue weighted by molar-refractivity contribution is 5.92. The van der Waals surface area contributed by atoms with Crippen LogP contribution in [0.4, 0.5) is 10.5 Å². The van der Waals surface area contributed by atoms with Gasteiger partial charge in [0.15, 0.2) is 0 Å². The van der Waals surface area contributed by atoms with Crippen molar-refractivity contribution >= 4 is 17.7 Å². The molecular formula is C15H22N2O4. The zero-order valence-electron chi connectivity index (χ0n) is 12.5. The van der Waals surface area contributed by atoms with Crippen LogP contribution in [0.1, 0.15) is 18.9 Å². The van der Waals surface area contributed by atoms with Gasteiger partial charge in [0.1, 0.15) is 0 Å². The largest absolute Gasteiger partial charge is 0.481 e. The molecule has 2 N–H and O–H groups in total. The maximum absolute atomic E-state index is 12.2. The molecule has 0 atom stereocenters. The second-order valence-electron chi connectivity index (χ2n) is 4.56. The number of anilines is 1. The van der Waals surface area contributed by atoms with Gasteiger partial charge in [-0.25, -0.2) is 4.79 Å². The summed E-state index contributed by atoms with van der Waals surface area (Å²) in [6.07, 6.45) is -0.104. The average molecular weight is 294 g/mol. The van der Waals surface area contributed by atoms with Gasteiger partial charge in [-0.3, -0.25) is 9.69 Å². The number of nitrogens with one attached hydrogen (secondary N) is 1. The molecule has 1 aromatic carbocycles. The molecule has 0 aliphatic carbocycles. The molecule has 6 nitrogen and oxygen atoms in total. The molecule has 0 bridgehead atoms. The van der Waals surface area contributed by atoms with E-state index in [2.05, 4.69) is 5.32 Å². The van der Waals surface area contributed by atoms with Gasteiger partial charge in [-0.1, -0.05) is 17.7 Å². The number of aryl methyl sites for hydroxylation is 1. The lowest BCUT2D eigenvalue weighted by atomic mass is 10.2. The number of carbonyl (C=O) groups excluding carboxylic acids is 1. The summed E-state index contributed by atoms with van der Waals surface area (Å²) in [7, 11) is 0. The van der Waals surface area contributed by atoms with Crippen molar-refractivity contribution in [2.45, 2.75) is 20.3 Å². The molecule has 1 rings (SSSR count). The number of ether oxygens (including phenoxy) is 1. The summed E-state index contributed by atoms with van der Waals surface area (Å²) in [5.41, 5.74) is 1.75. The number of carbonyl (C=O) groups is 2. The number of amides is 2. The zero-order chi connectivity index (χ0) is 15.7. The van der Waals surface area contributed by atoms with Crippen molar-refractivity contribution in [1.29, 1.82) is 0 Å². The Morgan fingerprint density at radius 3 is 2.52 bits per heavy atom. The van der Waals surface area contributed by atoms with Crippen molar-refractivity contribution in [3.63, 3.8) is 0 Å². The number of urea groups is 1. The molecule has 2 amide bonds. The highest BCUT2D eigenvalue weighted by Crippen LogP contribution is 2.15. The second kappa shape index (κ2) is 8.97. The maximum atomic E-state index is 12.2. The topological polar surface area (TPSA) is 78.9 Å². The highest BCUT2D eigenvalue weighted by atomic mass is 16.5. The van der Waals surface area contributed by atoms with E-state index >= 15 is 0 Å². The fraction of sp³-hybridized carbons (Fsp3) is 0.467. The lowest BCUT2D eigenvalue weighted by Crippen LogP contribution is -2.42. The number of aliphatic carboxylic acids is 1. The molecule has 116 valence electrons. The Balaban J connectivity index is 2.69. The van der Waals surface area contributed by atoms with Gasteiger partial charge in [0.05, 0.1) is 13.0 Å². The van der Waals surface area contributed by atoms with Crippen LogP contribution in [-0.2, 0) is 9.53 Å². The van der Waals surface area contributed by atoms with E-state index in [0.717, 1.165) is 5.56 Å². The molecule has 6 heteroatoms. The first-order valence-electron chi connectivity index (χ1n) is 6.96. The lowest BCUT2D eigenvalue weighted by molar-refractivity contribution is -0.136. The third-order valence-corrected chi connectivity index (χ3v) is 2.87. The van der Waals surface area contributed by atoms with Crippen molar-refractivity contribution in [2.24, 2.45) is 0 Å². The minimum Gasteiger partial charge on any atom is -0.481 e. The van der Waals surface area contributed by atoms with Crippen molar-refractivity contribution in [3.8, 4) is 0 Å². The van der Waals surface area contributed by atoms with E-state index in [1.165, 1.54) is 4.90 Å². The van der Waals surface area contributed by atoms with Crippen LogP contribution < -0.4 is 10.2 Å². The number of carboxylic acid groups (broad SMARTS) is 1. The molecule has 0 aliphatic rings. The third kappa shape index (κ3) is 6.27. The zero-order valence-corrected chi connectivity index (χ0v) is 12.5. The number of rotatable bonds is 8. The van der Waals surface area contributed by atoms with E-state index in [-0.39, 0.29) is 19.0 Å². The molecular weight excluding hydrogens is 272 g/mol. The summed E-state index contributed by atoms with van der Waals surface area (Å²) in [6, 6.07) is 7.06. The molecule has 0 aromatic heterocycles. The molecule has 1 aromatic rings. The standard InChI is InChI=1S/C15H22N2O4/c1-3-21-11-9-16-15(20)17(10-8-14(18)19)13-6-4-12(2)5-7-13/h4-7H,3,8-11H2,1-2H3,(H,16,20)(H,18,19). The predicted molar refractivity (Wildman–Crippen MR) is 80.7 cm³/mol. The number of carboxylic acids is 1. The van der Waals surface area contributed by atoms with Gasteiger partial charge in [-0.2, -0.15) is 0 Å². The first-order chi connectivity index (χ1) is 10.0. The fourth-order valence-electron chi connectivity index (χ4n) is 1.75. The van der Waals surface area contributed by atoms with E-state index in [1.807, 2.05) is 26.0 Å². The summed E-state index contributed by atoms with van der Waals surface area (Å²) < 4.78 is 5.16. The quantitative estimate of drug-likeness (QED) is 0.719. The SMILES string of the molecule is CCOCCNC(=O)N(CCC(=O)O)c1ccc(C)cc1. The van der Waals surface area contributed by atoms with Crippen molar-refractivity contribution in [1.82, 2.24) is 5.32 Å². The minimum atomic E-state index is -0.936. The first-order valence-corrected chi connectivity index (χ1v) is 6.96. The summed E-state index contributed by atoms with van der Waals surface area (Å²) in [4.78, 5) is 24.3. The Morgan fingerprint density at radius 2 is 1.95 bits per heavy atom. The molecule has 0 aliphatic heterocycles. The molecule has 0 fully saturated rings. The second-order valence-corrected chi connectivity index (χ2v) is 4.56. The van der Waals surface area contributed by atoms with Gasteiger partial charge in [-0.05, 0) is 26.0 Å². The molecule has 0 saturated carbocycles. The molecule has 0 spiro atoms. The normalized spacial score (nSPS) is 10.2. The van der Waals surface area contributed by atoms with Crippen LogP contribution in [0.25, 0.3) is 0 Å². The number of benzene rings is 1. The van der Waals surface area contributed by atoms with E-state index in [1.54, 1.807) is 12.1 Å². The van der Waals surface area contributed by atoms with Gasteiger partial charge in [-0.15, -0.1) is 0 Å². The Hall–Kier alpha value is -2.08. The summed E-state index contributed by atoms with van der Waals surface area (Å²) in [6.45, 7) is 5.38. The maximum Gasteiger partial charge on any atom is 0.321 e. The molecule has 21 heavy (non-hydrogen) atoms. The van der Waals surface area contributed by atoms with E-state index in [9.17, 15) is 9.59 Å². The summed E-state index contributed by atoms with van der Waals surface area (Å²) in [5, 5.41) is 11.5. The monoisotopic (exact) mass is 294 g/mol. The smallest absolute Gasteiger partial charge is 0.321 e. The first kappa shape index (κ1) is 17.0. The highest BCUT2D eigenvalue weighted by Gasteiger charge is 2.16. The average Bonchev–Trinajstić information content (AvgIpc) is 2.45. The van der Waals surface area contributed by atoms with Crippen LogP contribution in [0.15, 0.2) is 24.3 Å². The summed E-state index contributed by atoms with van der Waals surface area (Å²) >= 11 is 0. The summed E-state index contributed by atoms with van der Waals surface area (Å²) in [5.74, 6) is -0.936. The lowest BCUT2D eigenvalue weighted by Gasteiger charge is -2.22. The fourth-order valence-corrected chi connectivity index (χ4v) is 1.75. The van der Waals surface area contributed by atoms with Crippen LogP contribution in [0.3, 0.4) is 0 Å². The minimum absolute atomic E-state index is 0.104. The molecule has 0 heterocycles. The van der Waals surface area contributed by atoms with Crippen LogP contribution in [0, 0.1) is 6.92 Å². The molecule has 0 unspecified atom stereocenters. The van der Waals surface area contributed by atoms with Gasteiger partial charge >= 0.3 is 12.0 Å². The number of hydrogen-bond donors (Lipinski definition) is 2. The van der Waals surface area contributed by atoms with Gasteiger partial charge in [0.2, 0.25) is 0 Å². The van der Waals surface area contributed by atoms with E-state index in [4.69, 9.17) is 9.84 Å². The van der Waals surface area contributed by atoms with Gasteiger partial charge in [0, 0.05) is 25.4 Å². The third-order valence-electron chi connectivity index (χ3n) is 2.87. The van der Waals surface area contributed by atoms with Gasteiger partial charge in [0.25, 0.3) is 0 Å². The number of nitrogens with zero attached hydrogens (tertiary/aromatic N) is 1.